The molecule has 0 saturated heterocycles. The molecule has 2 amide bonds. The number of nitrogens with one attached hydrogen (secondary N) is 1. The maximum Gasteiger partial charge on any atom is 0.255 e. The van der Waals surface area contributed by atoms with Gasteiger partial charge in [0.15, 0.2) is 0 Å². The van der Waals surface area contributed by atoms with Crippen molar-refractivity contribution in [3.63, 3.8) is 0 Å². The number of carbonyl (C=O) groups excluding carboxylic acids is 2. The van der Waals surface area contributed by atoms with E-state index in [9.17, 15) is 9.59 Å². The summed E-state index contributed by atoms with van der Waals surface area (Å²) in [5.74, 6) is 0.122. The molecular weight excluding hydrogens is 312 g/mol. The van der Waals surface area contributed by atoms with Gasteiger partial charge in [-0.05, 0) is 79.6 Å². The number of nitrogens with zero attached hydrogens (tertiary/aromatic N) is 1. The number of hydrogen-bond donors (Lipinski definition) is 1. The molecule has 25 heavy (non-hydrogen) atoms. The van der Waals surface area contributed by atoms with Crippen LogP contribution in [0.15, 0.2) is 30.3 Å². The monoisotopic (exact) mass is 334 g/mol. The van der Waals surface area contributed by atoms with Gasteiger partial charge in [0.05, 0.1) is 5.69 Å². The Balaban J connectivity index is 1.66. The van der Waals surface area contributed by atoms with Crippen LogP contribution in [0.4, 0.5) is 11.4 Å². The van der Waals surface area contributed by atoms with E-state index in [0.717, 1.165) is 53.9 Å². The molecule has 1 N–H and O–H groups in total. The van der Waals surface area contributed by atoms with Crippen LogP contribution in [-0.2, 0) is 17.6 Å². The first-order valence-corrected chi connectivity index (χ1v) is 8.88. The van der Waals surface area contributed by atoms with Gasteiger partial charge in [0, 0.05) is 24.2 Å². The van der Waals surface area contributed by atoms with E-state index in [1.165, 1.54) is 5.56 Å². The second-order valence-corrected chi connectivity index (χ2v) is 7.05. The van der Waals surface area contributed by atoms with Gasteiger partial charge in [-0.2, -0.15) is 0 Å². The van der Waals surface area contributed by atoms with Crippen LogP contribution in [0.2, 0.25) is 0 Å². The highest BCUT2D eigenvalue weighted by molar-refractivity contribution is 6.06. The van der Waals surface area contributed by atoms with Crippen molar-refractivity contribution in [1.82, 2.24) is 0 Å². The van der Waals surface area contributed by atoms with Crippen molar-refractivity contribution >= 4 is 23.2 Å². The lowest BCUT2D eigenvalue weighted by atomic mass is 9.89. The van der Waals surface area contributed by atoms with Crippen molar-refractivity contribution in [2.75, 3.05) is 16.8 Å². The number of anilines is 2. The number of hydrogen-bond acceptors (Lipinski definition) is 2. The normalized spacial score (nSPS) is 15.8. The SMILES string of the molecule is Cc1ccc(NC(=O)c2cc3c4c(c2)CCC(=O)N4CCC3)cc1C. The van der Waals surface area contributed by atoms with E-state index in [2.05, 4.69) is 12.2 Å². The van der Waals surface area contributed by atoms with Gasteiger partial charge in [0.1, 0.15) is 0 Å². The van der Waals surface area contributed by atoms with Crippen LogP contribution in [0.5, 0.6) is 0 Å². The molecule has 0 radical (unpaired) electrons. The fraction of sp³-hybridized carbons (Fsp3) is 0.333. The summed E-state index contributed by atoms with van der Waals surface area (Å²) in [7, 11) is 0. The molecule has 0 aromatic heterocycles. The van der Waals surface area contributed by atoms with Gasteiger partial charge >= 0.3 is 0 Å². The summed E-state index contributed by atoms with van der Waals surface area (Å²) in [6.45, 7) is 4.90. The van der Waals surface area contributed by atoms with E-state index in [4.69, 9.17) is 0 Å². The number of rotatable bonds is 2. The number of amides is 2. The molecule has 0 spiro atoms. The summed E-state index contributed by atoms with van der Waals surface area (Å²) in [5, 5.41) is 3.00. The largest absolute Gasteiger partial charge is 0.322 e. The topological polar surface area (TPSA) is 49.4 Å². The first kappa shape index (κ1) is 15.9. The minimum atomic E-state index is -0.0867. The Morgan fingerprint density at radius 3 is 2.52 bits per heavy atom. The maximum atomic E-state index is 12.7. The van der Waals surface area contributed by atoms with Crippen LogP contribution in [-0.4, -0.2) is 18.4 Å². The molecule has 2 aromatic rings. The van der Waals surface area contributed by atoms with Crippen molar-refractivity contribution < 1.29 is 9.59 Å². The summed E-state index contributed by atoms with van der Waals surface area (Å²) in [4.78, 5) is 26.8. The number of carbonyl (C=O) groups is 2. The maximum absolute atomic E-state index is 12.7. The van der Waals surface area contributed by atoms with Crippen LogP contribution in [0.25, 0.3) is 0 Å². The van der Waals surface area contributed by atoms with E-state index < -0.39 is 0 Å². The van der Waals surface area contributed by atoms with E-state index in [1.807, 2.05) is 42.2 Å². The minimum Gasteiger partial charge on any atom is -0.322 e. The molecule has 0 atom stereocenters. The van der Waals surface area contributed by atoms with Crippen LogP contribution in [0.1, 0.15) is 45.5 Å². The first-order valence-electron chi connectivity index (χ1n) is 8.88. The molecule has 0 unspecified atom stereocenters. The van der Waals surface area contributed by atoms with Crippen LogP contribution >= 0.6 is 0 Å². The van der Waals surface area contributed by atoms with Crippen molar-refractivity contribution in [1.29, 1.82) is 0 Å². The highest BCUT2D eigenvalue weighted by Gasteiger charge is 2.30. The smallest absolute Gasteiger partial charge is 0.255 e. The van der Waals surface area contributed by atoms with E-state index in [0.29, 0.717) is 12.0 Å². The van der Waals surface area contributed by atoms with Gasteiger partial charge < -0.3 is 10.2 Å². The van der Waals surface area contributed by atoms with Gasteiger partial charge in [0.25, 0.3) is 5.91 Å². The zero-order valence-corrected chi connectivity index (χ0v) is 14.7. The molecule has 0 bridgehead atoms. The molecule has 2 aliphatic rings. The highest BCUT2D eigenvalue weighted by atomic mass is 16.2. The fourth-order valence-corrected chi connectivity index (χ4v) is 3.81. The molecule has 4 nitrogen and oxygen atoms in total. The highest BCUT2D eigenvalue weighted by Crippen LogP contribution is 2.36. The molecule has 2 aromatic carbocycles. The summed E-state index contributed by atoms with van der Waals surface area (Å²) < 4.78 is 0. The molecule has 128 valence electrons. The summed E-state index contributed by atoms with van der Waals surface area (Å²) in [6.07, 6.45) is 3.15. The predicted octanol–water partition coefficient (Wildman–Crippen LogP) is 3.78. The lowest BCUT2D eigenvalue weighted by Crippen LogP contribution is -2.39. The lowest BCUT2D eigenvalue weighted by Gasteiger charge is -2.35. The van der Waals surface area contributed by atoms with Gasteiger partial charge in [-0.3, -0.25) is 9.59 Å². The third kappa shape index (κ3) is 2.82. The van der Waals surface area contributed by atoms with Crippen LogP contribution in [0, 0.1) is 13.8 Å². The van der Waals surface area contributed by atoms with Crippen molar-refractivity contribution in [2.45, 2.75) is 39.5 Å². The Labute approximate surface area is 147 Å². The molecule has 2 aliphatic heterocycles. The molecule has 0 saturated carbocycles. The van der Waals surface area contributed by atoms with Gasteiger partial charge in [-0.25, -0.2) is 0 Å². The Morgan fingerprint density at radius 1 is 1.00 bits per heavy atom. The summed E-state index contributed by atoms with van der Waals surface area (Å²) >= 11 is 0. The van der Waals surface area contributed by atoms with E-state index in [1.54, 1.807) is 0 Å². The second kappa shape index (κ2) is 6.03. The average Bonchev–Trinajstić information content (AvgIpc) is 2.61. The Bertz CT molecular complexity index is 868. The van der Waals surface area contributed by atoms with Gasteiger partial charge in [0.2, 0.25) is 5.91 Å². The third-order valence-corrected chi connectivity index (χ3v) is 5.30. The van der Waals surface area contributed by atoms with Crippen molar-refractivity contribution in [3.8, 4) is 0 Å². The third-order valence-electron chi connectivity index (χ3n) is 5.30. The van der Waals surface area contributed by atoms with E-state index >= 15 is 0 Å². The first-order chi connectivity index (χ1) is 12.0. The Morgan fingerprint density at radius 2 is 1.76 bits per heavy atom. The molecule has 0 aliphatic carbocycles. The molecule has 4 heteroatoms. The van der Waals surface area contributed by atoms with Gasteiger partial charge in [-0.15, -0.1) is 0 Å². The number of benzene rings is 2. The second-order valence-electron chi connectivity index (χ2n) is 7.05. The average molecular weight is 334 g/mol. The van der Waals surface area contributed by atoms with Crippen LogP contribution in [0.3, 0.4) is 0 Å². The van der Waals surface area contributed by atoms with E-state index in [-0.39, 0.29) is 11.8 Å². The van der Waals surface area contributed by atoms with Crippen molar-refractivity contribution in [2.24, 2.45) is 0 Å². The van der Waals surface area contributed by atoms with Crippen LogP contribution < -0.4 is 10.2 Å². The van der Waals surface area contributed by atoms with Crippen molar-refractivity contribution in [3.05, 3.63) is 58.1 Å². The quantitative estimate of drug-likeness (QED) is 0.908. The summed E-state index contributed by atoms with van der Waals surface area (Å²) in [6, 6.07) is 9.87. The predicted molar refractivity (Wildman–Crippen MR) is 99.3 cm³/mol. The molecule has 0 fully saturated rings. The Hall–Kier alpha value is -2.62. The lowest BCUT2D eigenvalue weighted by molar-refractivity contribution is -0.119. The molecule has 4 rings (SSSR count). The zero-order valence-electron chi connectivity index (χ0n) is 14.7. The minimum absolute atomic E-state index is 0.0867. The molecular formula is C21H22N2O2. The molecule has 2 heterocycles. The number of aryl methyl sites for hydroxylation is 4. The van der Waals surface area contributed by atoms with Gasteiger partial charge in [-0.1, -0.05) is 6.07 Å². The Kier molecular flexibility index (Phi) is 3.83. The fourth-order valence-electron chi connectivity index (χ4n) is 3.81. The summed E-state index contributed by atoms with van der Waals surface area (Å²) in [5.41, 5.74) is 7.18. The standard InChI is InChI=1S/C21H22N2O2/c1-13-5-7-18(10-14(13)2)22-21(25)17-11-15-4-3-9-23-19(24)8-6-16(12-17)20(15)23/h5,7,10-12H,3-4,6,8-9H2,1-2H3,(H,22,25). The zero-order chi connectivity index (χ0) is 17.6.